The molecule has 0 atom stereocenters. The number of sulfone groups is 1. The number of nitrogens with zero attached hydrogens (tertiary/aromatic N) is 1. The van der Waals surface area contributed by atoms with E-state index in [0.29, 0.717) is 18.1 Å². The Bertz CT molecular complexity index is 751. The highest BCUT2D eigenvalue weighted by Gasteiger charge is 2.39. The molecule has 138 valence electrons. The monoisotopic (exact) mass is 385 g/mol. The van der Waals surface area contributed by atoms with Crippen molar-refractivity contribution in [2.45, 2.75) is 37.5 Å². The molecule has 2 saturated heterocycles. The normalized spacial score (nSPS) is 20.6. The summed E-state index contributed by atoms with van der Waals surface area (Å²) in [6.07, 6.45) is 4.00. The molecule has 0 radical (unpaired) electrons. The number of carbonyl (C=O) groups is 1. The topological polar surface area (TPSA) is 63.7 Å². The van der Waals surface area contributed by atoms with Crippen LogP contribution < -0.4 is 0 Å². The summed E-state index contributed by atoms with van der Waals surface area (Å²) in [6, 6.07) is 4.40. The van der Waals surface area contributed by atoms with Crippen molar-refractivity contribution >= 4 is 27.3 Å². The fourth-order valence-corrected chi connectivity index (χ4v) is 4.90. The van der Waals surface area contributed by atoms with Crippen molar-refractivity contribution in [1.82, 2.24) is 4.90 Å². The minimum Gasteiger partial charge on any atom is -0.381 e. The summed E-state index contributed by atoms with van der Waals surface area (Å²) in [7, 11) is -3.37. The maximum Gasteiger partial charge on any atom is 0.255 e. The molecule has 0 unspecified atom stereocenters. The molecule has 0 aromatic heterocycles. The molecule has 2 fully saturated rings. The summed E-state index contributed by atoms with van der Waals surface area (Å²) < 4.78 is 29.7. The number of halogens is 1. The zero-order chi connectivity index (χ0) is 18.1. The quantitative estimate of drug-likeness (QED) is 0.801. The van der Waals surface area contributed by atoms with E-state index in [2.05, 4.69) is 0 Å². The summed E-state index contributed by atoms with van der Waals surface area (Å²) in [4.78, 5) is 15.0. The maximum atomic E-state index is 13.0. The van der Waals surface area contributed by atoms with Crippen LogP contribution in [0.1, 0.15) is 43.0 Å². The van der Waals surface area contributed by atoms with Crippen LogP contribution in [0.3, 0.4) is 0 Å². The lowest BCUT2D eigenvalue weighted by Gasteiger charge is -2.45. The maximum absolute atomic E-state index is 13.0. The van der Waals surface area contributed by atoms with Crippen molar-refractivity contribution in [1.29, 1.82) is 0 Å². The van der Waals surface area contributed by atoms with Gasteiger partial charge in [-0.1, -0.05) is 18.5 Å². The Morgan fingerprint density at radius 3 is 2.68 bits per heavy atom. The van der Waals surface area contributed by atoms with Crippen molar-refractivity contribution in [2.24, 2.45) is 5.41 Å². The second kappa shape index (κ2) is 7.25. The average Bonchev–Trinajstić information content (AvgIpc) is 2.62. The molecule has 0 aliphatic carbocycles. The molecule has 2 heterocycles. The van der Waals surface area contributed by atoms with Gasteiger partial charge in [0.15, 0.2) is 9.84 Å². The highest BCUT2D eigenvalue weighted by molar-refractivity contribution is 7.91. The fourth-order valence-electron chi connectivity index (χ4n) is 3.79. The van der Waals surface area contributed by atoms with Gasteiger partial charge in [-0.2, -0.15) is 0 Å². The molecule has 0 saturated carbocycles. The number of benzene rings is 1. The summed E-state index contributed by atoms with van der Waals surface area (Å²) in [6.45, 7) is 4.45. The van der Waals surface area contributed by atoms with Gasteiger partial charge in [-0.15, -0.1) is 0 Å². The number of hydrogen-bond acceptors (Lipinski definition) is 4. The van der Waals surface area contributed by atoms with E-state index in [0.717, 1.165) is 38.9 Å². The van der Waals surface area contributed by atoms with Crippen molar-refractivity contribution in [2.75, 3.05) is 32.1 Å². The predicted molar refractivity (Wildman–Crippen MR) is 96.8 cm³/mol. The molecule has 25 heavy (non-hydrogen) atoms. The number of ether oxygens (including phenoxy) is 1. The van der Waals surface area contributed by atoms with Gasteiger partial charge in [0.25, 0.3) is 5.91 Å². The van der Waals surface area contributed by atoms with Crippen molar-refractivity contribution in [3.05, 3.63) is 28.8 Å². The number of carbonyl (C=O) groups excluding carboxylic acids is 1. The predicted octanol–water partition coefficient (Wildman–Crippen LogP) is 3.17. The molecule has 2 aliphatic rings. The fraction of sp³-hybridized carbons (Fsp3) is 0.611. The first-order valence-corrected chi connectivity index (χ1v) is 10.8. The second-order valence-corrected chi connectivity index (χ2v) is 9.67. The van der Waals surface area contributed by atoms with Gasteiger partial charge in [-0.3, -0.25) is 4.79 Å². The summed E-state index contributed by atoms with van der Waals surface area (Å²) in [5.74, 6) is -0.182. The van der Waals surface area contributed by atoms with Crippen LogP contribution in [-0.2, 0) is 14.6 Å². The van der Waals surface area contributed by atoms with Gasteiger partial charge in [-0.25, -0.2) is 8.42 Å². The molecule has 1 spiro atoms. The van der Waals surface area contributed by atoms with Crippen molar-refractivity contribution in [3.8, 4) is 0 Å². The molecule has 1 aromatic rings. The summed E-state index contributed by atoms with van der Waals surface area (Å²) in [5, 5.41) is 0.298. The number of likely N-dealkylation sites (tertiary alicyclic amines) is 1. The van der Waals surface area contributed by atoms with Gasteiger partial charge < -0.3 is 9.64 Å². The van der Waals surface area contributed by atoms with Crippen LogP contribution in [0.15, 0.2) is 23.1 Å². The SMILES string of the molecule is CCS(=O)(=O)c1ccc(Cl)c(C(=O)N2CCCC3(CCOCC3)C2)c1. The standard InChI is InChI=1S/C18H24ClNO4S/c1-2-25(22,23)14-4-5-16(19)15(12-14)17(21)20-9-3-6-18(13-20)7-10-24-11-8-18/h4-5,12H,2-3,6-11,13H2,1H3. The number of rotatable bonds is 3. The van der Waals surface area contributed by atoms with E-state index in [1.54, 1.807) is 6.92 Å². The van der Waals surface area contributed by atoms with E-state index in [4.69, 9.17) is 16.3 Å². The summed E-state index contributed by atoms with van der Waals surface area (Å²) >= 11 is 6.22. The minimum atomic E-state index is -3.37. The van der Waals surface area contributed by atoms with Crippen LogP contribution in [0.25, 0.3) is 0 Å². The van der Waals surface area contributed by atoms with Crippen LogP contribution in [-0.4, -0.2) is 51.3 Å². The lowest BCUT2D eigenvalue weighted by molar-refractivity contribution is -0.0229. The zero-order valence-electron chi connectivity index (χ0n) is 14.5. The third-order valence-corrected chi connectivity index (χ3v) is 7.47. The smallest absolute Gasteiger partial charge is 0.255 e. The van der Waals surface area contributed by atoms with E-state index < -0.39 is 9.84 Å². The number of piperidine rings is 1. The molecule has 7 heteroatoms. The van der Waals surface area contributed by atoms with E-state index in [1.165, 1.54) is 18.2 Å². The molecule has 5 nitrogen and oxygen atoms in total. The van der Waals surface area contributed by atoms with Gasteiger partial charge in [-0.05, 0) is 49.3 Å². The van der Waals surface area contributed by atoms with Gasteiger partial charge in [0.1, 0.15) is 0 Å². The van der Waals surface area contributed by atoms with Gasteiger partial charge in [0.05, 0.1) is 21.2 Å². The first kappa shape index (κ1) is 18.7. The van der Waals surface area contributed by atoms with Crippen LogP contribution in [0.2, 0.25) is 5.02 Å². The molecule has 0 N–H and O–H groups in total. The Labute approximate surface area is 154 Å². The highest BCUT2D eigenvalue weighted by atomic mass is 35.5. The molecule has 1 aromatic carbocycles. The Morgan fingerprint density at radius 2 is 2.00 bits per heavy atom. The summed E-state index contributed by atoms with van der Waals surface area (Å²) in [5.41, 5.74) is 0.409. The van der Waals surface area contributed by atoms with Gasteiger partial charge >= 0.3 is 0 Å². The first-order chi connectivity index (χ1) is 11.9. The Morgan fingerprint density at radius 1 is 1.28 bits per heavy atom. The Kier molecular flexibility index (Phi) is 5.42. The Balaban J connectivity index is 1.86. The molecular formula is C18H24ClNO4S. The number of hydrogen-bond donors (Lipinski definition) is 0. The van der Waals surface area contributed by atoms with Crippen LogP contribution in [0.5, 0.6) is 0 Å². The zero-order valence-corrected chi connectivity index (χ0v) is 16.0. The van der Waals surface area contributed by atoms with E-state index in [-0.39, 0.29) is 27.5 Å². The minimum absolute atomic E-state index is 0.00487. The van der Waals surface area contributed by atoms with E-state index >= 15 is 0 Å². The third-order valence-electron chi connectivity index (χ3n) is 5.41. The second-order valence-electron chi connectivity index (χ2n) is 6.99. The third kappa shape index (κ3) is 3.86. The van der Waals surface area contributed by atoms with Crippen molar-refractivity contribution < 1.29 is 17.9 Å². The molecule has 0 bridgehead atoms. The van der Waals surface area contributed by atoms with Crippen molar-refractivity contribution in [3.63, 3.8) is 0 Å². The lowest BCUT2D eigenvalue weighted by atomic mass is 9.74. The van der Waals surface area contributed by atoms with E-state index in [1.807, 2.05) is 4.90 Å². The average molecular weight is 386 g/mol. The van der Waals surface area contributed by atoms with Crippen LogP contribution in [0.4, 0.5) is 0 Å². The van der Waals surface area contributed by atoms with Gasteiger partial charge in [0, 0.05) is 26.3 Å². The highest BCUT2D eigenvalue weighted by Crippen LogP contribution is 2.39. The first-order valence-electron chi connectivity index (χ1n) is 8.76. The molecule has 2 aliphatic heterocycles. The molecular weight excluding hydrogens is 362 g/mol. The van der Waals surface area contributed by atoms with Crippen LogP contribution >= 0.6 is 11.6 Å². The van der Waals surface area contributed by atoms with Gasteiger partial charge in [0.2, 0.25) is 0 Å². The molecule has 1 amide bonds. The molecule has 3 rings (SSSR count). The number of amides is 1. The van der Waals surface area contributed by atoms with E-state index in [9.17, 15) is 13.2 Å². The largest absolute Gasteiger partial charge is 0.381 e. The van der Waals surface area contributed by atoms with Crippen LogP contribution in [0, 0.1) is 5.41 Å². The lowest BCUT2D eigenvalue weighted by Crippen LogP contribution is -2.48. The Hall–Kier alpha value is -1.11.